The standard InChI is InChI=1S/C12H22N2O3/c1-8(9-5-6-9)7-13-11(17)14(4)12(2,3)10(15)16/h8-9H,5-7H2,1-4H3,(H,13,17)(H,15,16). The van der Waals surface area contributed by atoms with E-state index in [1.54, 1.807) is 0 Å². The van der Waals surface area contributed by atoms with E-state index in [-0.39, 0.29) is 6.03 Å². The normalized spacial score (nSPS) is 17.4. The largest absolute Gasteiger partial charge is 0.480 e. The molecule has 98 valence electrons. The number of carbonyl (C=O) groups excluding carboxylic acids is 1. The van der Waals surface area contributed by atoms with E-state index in [0.717, 1.165) is 5.92 Å². The Labute approximate surface area is 102 Å². The summed E-state index contributed by atoms with van der Waals surface area (Å²) in [5, 5.41) is 11.8. The fourth-order valence-electron chi connectivity index (χ4n) is 1.60. The van der Waals surface area contributed by atoms with Crippen LogP contribution < -0.4 is 5.32 Å². The zero-order chi connectivity index (χ0) is 13.2. The molecule has 0 aromatic rings. The summed E-state index contributed by atoms with van der Waals surface area (Å²) in [6, 6.07) is -0.329. The fourth-order valence-corrected chi connectivity index (χ4v) is 1.60. The lowest BCUT2D eigenvalue weighted by Crippen LogP contribution is -2.54. The zero-order valence-corrected chi connectivity index (χ0v) is 11.0. The average Bonchev–Trinajstić information content (AvgIpc) is 3.07. The summed E-state index contributed by atoms with van der Waals surface area (Å²) in [6.45, 7) is 5.75. The van der Waals surface area contributed by atoms with Crippen LogP contribution >= 0.6 is 0 Å². The summed E-state index contributed by atoms with van der Waals surface area (Å²) >= 11 is 0. The molecule has 0 aliphatic heterocycles. The molecule has 0 saturated heterocycles. The van der Waals surface area contributed by atoms with E-state index in [2.05, 4.69) is 12.2 Å². The molecular weight excluding hydrogens is 220 g/mol. The number of likely N-dealkylation sites (N-methyl/N-ethyl adjacent to an activating group) is 1. The Morgan fingerprint density at radius 3 is 2.41 bits per heavy atom. The van der Waals surface area contributed by atoms with Crippen molar-refractivity contribution < 1.29 is 14.7 Å². The van der Waals surface area contributed by atoms with E-state index in [1.165, 1.54) is 38.6 Å². The Hall–Kier alpha value is -1.26. The van der Waals surface area contributed by atoms with Gasteiger partial charge in [-0.2, -0.15) is 0 Å². The second-order valence-corrected chi connectivity index (χ2v) is 5.42. The van der Waals surface area contributed by atoms with E-state index >= 15 is 0 Å². The topological polar surface area (TPSA) is 69.6 Å². The lowest BCUT2D eigenvalue weighted by molar-refractivity contribution is -0.146. The molecule has 1 saturated carbocycles. The molecule has 1 unspecified atom stereocenters. The SMILES string of the molecule is CC(CNC(=O)N(C)C(C)(C)C(=O)O)C1CC1. The highest BCUT2D eigenvalue weighted by Gasteiger charge is 2.35. The van der Waals surface area contributed by atoms with Crippen molar-refractivity contribution in [2.75, 3.05) is 13.6 Å². The summed E-state index contributed by atoms with van der Waals surface area (Å²) < 4.78 is 0. The molecule has 5 heteroatoms. The van der Waals surface area contributed by atoms with Crippen LogP contribution in [0.25, 0.3) is 0 Å². The maximum absolute atomic E-state index is 11.8. The van der Waals surface area contributed by atoms with Crippen LogP contribution in [0.1, 0.15) is 33.6 Å². The highest BCUT2D eigenvalue weighted by Crippen LogP contribution is 2.36. The Balaban J connectivity index is 2.43. The van der Waals surface area contributed by atoms with Crippen LogP contribution in [0.3, 0.4) is 0 Å². The van der Waals surface area contributed by atoms with Gasteiger partial charge in [-0.05, 0) is 38.5 Å². The molecule has 0 bridgehead atoms. The van der Waals surface area contributed by atoms with Gasteiger partial charge in [0.05, 0.1) is 0 Å². The second-order valence-electron chi connectivity index (χ2n) is 5.42. The maximum Gasteiger partial charge on any atom is 0.329 e. The summed E-state index contributed by atoms with van der Waals surface area (Å²) in [5.74, 6) is 0.193. The van der Waals surface area contributed by atoms with E-state index in [0.29, 0.717) is 12.5 Å². The number of carboxylic acids is 1. The fraction of sp³-hybridized carbons (Fsp3) is 0.833. The minimum atomic E-state index is -1.19. The van der Waals surface area contributed by atoms with Crippen molar-refractivity contribution in [3.05, 3.63) is 0 Å². The number of hydrogen-bond donors (Lipinski definition) is 2. The first kappa shape index (κ1) is 13.8. The molecule has 1 aliphatic rings. The molecule has 2 amide bonds. The molecule has 0 radical (unpaired) electrons. The molecule has 1 fully saturated rings. The highest BCUT2D eigenvalue weighted by atomic mass is 16.4. The minimum absolute atomic E-state index is 0.329. The van der Waals surface area contributed by atoms with E-state index in [1.807, 2.05) is 0 Å². The summed E-state index contributed by atoms with van der Waals surface area (Å²) in [5.41, 5.74) is -1.19. The Morgan fingerprint density at radius 1 is 1.47 bits per heavy atom. The van der Waals surface area contributed by atoms with Gasteiger partial charge in [0.2, 0.25) is 0 Å². The van der Waals surface area contributed by atoms with Crippen LogP contribution in [0, 0.1) is 11.8 Å². The summed E-state index contributed by atoms with van der Waals surface area (Å²) in [7, 11) is 1.51. The molecule has 2 N–H and O–H groups in total. The number of hydrogen-bond acceptors (Lipinski definition) is 2. The van der Waals surface area contributed by atoms with Crippen molar-refractivity contribution >= 4 is 12.0 Å². The average molecular weight is 242 g/mol. The molecule has 1 rings (SSSR count). The predicted molar refractivity (Wildman–Crippen MR) is 64.8 cm³/mol. The van der Waals surface area contributed by atoms with Gasteiger partial charge in [0, 0.05) is 13.6 Å². The summed E-state index contributed by atoms with van der Waals surface area (Å²) in [4.78, 5) is 24.0. The number of amides is 2. The van der Waals surface area contributed by atoms with Crippen molar-refractivity contribution in [1.29, 1.82) is 0 Å². The maximum atomic E-state index is 11.8. The van der Waals surface area contributed by atoms with Crippen LogP contribution in [-0.2, 0) is 4.79 Å². The van der Waals surface area contributed by atoms with Crippen LogP contribution in [0.4, 0.5) is 4.79 Å². The number of nitrogens with zero attached hydrogens (tertiary/aromatic N) is 1. The zero-order valence-electron chi connectivity index (χ0n) is 11.0. The van der Waals surface area contributed by atoms with E-state index < -0.39 is 11.5 Å². The van der Waals surface area contributed by atoms with Gasteiger partial charge in [0.15, 0.2) is 0 Å². The first-order valence-electron chi connectivity index (χ1n) is 6.02. The van der Waals surface area contributed by atoms with Crippen LogP contribution in [0.2, 0.25) is 0 Å². The van der Waals surface area contributed by atoms with E-state index in [9.17, 15) is 9.59 Å². The first-order chi connectivity index (χ1) is 7.76. The van der Waals surface area contributed by atoms with Gasteiger partial charge in [-0.3, -0.25) is 0 Å². The lowest BCUT2D eigenvalue weighted by Gasteiger charge is -2.31. The monoisotopic (exact) mass is 242 g/mol. The third kappa shape index (κ3) is 3.35. The molecule has 0 aromatic carbocycles. The smallest absolute Gasteiger partial charge is 0.329 e. The number of nitrogens with one attached hydrogen (secondary N) is 1. The van der Waals surface area contributed by atoms with Gasteiger partial charge in [0.1, 0.15) is 5.54 Å². The number of urea groups is 1. The van der Waals surface area contributed by atoms with Gasteiger partial charge < -0.3 is 15.3 Å². The first-order valence-corrected chi connectivity index (χ1v) is 6.02. The molecule has 1 aliphatic carbocycles. The number of carboxylic acid groups (broad SMARTS) is 1. The molecule has 5 nitrogen and oxygen atoms in total. The molecule has 0 aromatic heterocycles. The minimum Gasteiger partial charge on any atom is -0.480 e. The molecule has 17 heavy (non-hydrogen) atoms. The third-order valence-corrected chi connectivity index (χ3v) is 3.67. The Morgan fingerprint density at radius 2 is 2.00 bits per heavy atom. The number of rotatable bonds is 5. The molecule has 0 heterocycles. The van der Waals surface area contributed by atoms with Crippen molar-refractivity contribution in [3.63, 3.8) is 0 Å². The van der Waals surface area contributed by atoms with Gasteiger partial charge in [-0.15, -0.1) is 0 Å². The van der Waals surface area contributed by atoms with Crippen molar-refractivity contribution in [1.82, 2.24) is 10.2 Å². The van der Waals surface area contributed by atoms with Crippen LogP contribution in [0.15, 0.2) is 0 Å². The predicted octanol–water partition coefficient (Wildman–Crippen LogP) is 1.54. The summed E-state index contributed by atoms with van der Waals surface area (Å²) in [6.07, 6.45) is 2.49. The van der Waals surface area contributed by atoms with Crippen LogP contribution in [0.5, 0.6) is 0 Å². The van der Waals surface area contributed by atoms with Crippen molar-refractivity contribution in [2.45, 2.75) is 39.2 Å². The number of aliphatic carboxylic acids is 1. The van der Waals surface area contributed by atoms with Crippen molar-refractivity contribution in [3.8, 4) is 0 Å². The Bertz CT molecular complexity index is 311. The lowest BCUT2D eigenvalue weighted by atomic mass is 10.0. The quantitative estimate of drug-likeness (QED) is 0.768. The van der Waals surface area contributed by atoms with Gasteiger partial charge >= 0.3 is 12.0 Å². The van der Waals surface area contributed by atoms with E-state index in [4.69, 9.17) is 5.11 Å². The van der Waals surface area contributed by atoms with Crippen LogP contribution in [-0.4, -0.2) is 41.1 Å². The second kappa shape index (κ2) is 4.94. The number of carbonyl (C=O) groups is 2. The highest BCUT2D eigenvalue weighted by molar-refractivity contribution is 5.85. The van der Waals surface area contributed by atoms with Crippen molar-refractivity contribution in [2.24, 2.45) is 11.8 Å². The van der Waals surface area contributed by atoms with Gasteiger partial charge in [-0.1, -0.05) is 6.92 Å². The molecular formula is C12H22N2O3. The molecule has 0 spiro atoms. The van der Waals surface area contributed by atoms with Gasteiger partial charge in [0.25, 0.3) is 0 Å². The Kier molecular flexibility index (Phi) is 4.01. The third-order valence-electron chi connectivity index (χ3n) is 3.67. The van der Waals surface area contributed by atoms with Gasteiger partial charge in [-0.25, -0.2) is 9.59 Å². The molecule has 1 atom stereocenters.